The van der Waals surface area contributed by atoms with Crippen LogP contribution in [0.15, 0.2) is 43.1 Å². The van der Waals surface area contributed by atoms with E-state index in [4.69, 9.17) is 5.26 Å². The van der Waals surface area contributed by atoms with E-state index < -0.39 is 17.8 Å². The standard InChI is InChI=1S/C24H19F3N8O/c1-13(22-32-12-33-35(22)19-6-3-14(9-28)10-29-19)34(2)23-17-7-16(21(36)15-4-5-15)8-18(24(25,26)27)20(17)30-11-31-23/h3,6-8,10-13,15H,4-5H2,1-2H3/t13-/m0/s1. The van der Waals surface area contributed by atoms with Crippen molar-refractivity contribution in [2.24, 2.45) is 5.92 Å². The Balaban J connectivity index is 1.59. The second kappa shape index (κ2) is 8.67. The summed E-state index contributed by atoms with van der Waals surface area (Å²) in [5.41, 5.74) is -0.873. The first-order chi connectivity index (χ1) is 17.2. The molecule has 0 N–H and O–H groups in total. The van der Waals surface area contributed by atoms with Crippen molar-refractivity contribution in [3.8, 4) is 11.9 Å². The van der Waals surface area contributed by atoms with Gasteiger partial charge in [0, 0.05) is 30.1 Å². The fourth-order valence-electron chi connectivity index (χ4n) is 4.02. The van der Waals surface area contributed by atoms with Crippen molar-refractivity contribution in [2.45, 2.75) is 32.0 Å². The van der Waals surface area contributed by atoms with Crippen LogP contribution in [0.5, 0.6) is 0 Å². The van der Waals surface area contributed by atoms with Crippen LogP contribution in [0.1, 0.15) is 53.1 Å². The number of nitrogens with zero attached hydrogens (tertiary/aromatic N) is 8. The number of alkyl halides is 3. The number of anilines is 1. The molecule has 1 fully saturated rings. The summed E-state index contributed by atoms with van der Waals surface area (Å²) < 4.78 is 43.3. The summed E-state index contributed by atoms with van der Waals surface area (Å²) in [4.78, 5) is 31.1. The minimum Gasteiger partial charge on any atom is -0.349 e. The van der Waals surface area contributed by atoms with Gasteiger partial charge in [0.15, 0.2) is 17.4 Å². The maximum atomic E-state index is 14.0. The number of halogens is 3. The number of pyridine rings is 1. The molecule has 1 saturated carbocycles. The maximum Gasteiger partial charge on any atom is 0.418 e. The number of hydrogen-bond acceptors (Lipinski definition) is 8. The molecular weight excluding hydrogens is 473 g/mol. The first-order valence-corrected chi connectivity index (χ1v) is 11.1. The van der Waals surface area contributed by atoms with E-state index in [0.29, 0.717) is 30.0 Å². The van der Waals surface area contributed by atoms with Crippen LogP contribution in [-0.2, 0) is 6.18 Å². The number of ketones is 1. The van der Waals surface area contributed by atoms with Gasteiger partial charge in [-0.3, -0.25) is 4.79 Å². The summed E-state index contributed by atoms with van der Waals surface area (Å²) in [6, 6.07) is 7.02. The van der Waals surface area contributed by atoms with E-state index in [-0.39, 0.29) is 34.0 Å². The smallest absolute Gasteiger partial charge is 0.349 e. The molecule has 0 unspecified atom stereocenters. The van der Waals surface area contributed by atoms with Crippen LogP contribution in [0.4, 0.5) is 19.0 Å². The van der Waals surface area contributed by atoms with Crippen LogP contribution in [0.25, 0.3) is 16.7 Å². The monoisotopic (exact) mass is 492 g/mol. The highest BCUT2D eigenvalue weighted by Crippen LogP contribution is 2.40. The SMILES string of the molecule is C[C@@H](c1ncnn1-c1ccc(C#N)cn1)N(C)c1ncnc2c(C(F)(F)F)cc(C(=O)C3CC3)cc12. The van der Waals surface area contributed by atoms with Crippen LogP contribution < -0.4 is 4.90 Å². The predicted molar refractivity (Wildman–Crippen MR) is 122 cm³/mol. The molecule has 36 heavy (non-hydrogen) atoms. The topological polar surface area (TPSA) is 113 Å². The van der Waals surface area contributed by atoms with Gasteiger partial charge in [-0.15, -0.1) is 0 Å². The molecule has 3 aromatic heterocycles. The van der Waals surface area contributed by atoms with Gasteiger partial charge in [0.2, 0.25) is 0 Å². The lowest BCUT2D eigenvalue weighted by molar-refractivity contribution is -0.136. The lowest BCUT2D eigenvalue weighted by Gasteiger charge is -2.27. The molecule has 3 heterocycles. The summed E-state index contributed by atoms with van der Waals surface area (Å²) in [5, 5.41) is 13.3. The molecule has 12 heteroatoms. The summed E-state index contributed by atoms with van der Waals surface area (Å²) in [6.45, 7) is 1.79. The first kappa shape index (κ1) is 23.3. The second-order valence-electron chi connectivity index (χ2n) is 8.59. The normalized spacial score (nSPS) is 14.4. The molecule has 1 aromatic carbocycles. The molecule has 9 nitrogen and oxygen atoms in total. The third kappa shape index (κ3) is 4.13. The van der Waals surface area contributed by atoms with Crippen molar-refractivity contribution in [3.05, 3.63) is 65.6 Å². The molecular formula is C24H19F3N8O. The summed E-state index contributed by atoms with van der Waals surface area (Å²) >= 11 is 0. The van der Waals surface area contributed by atoms with E-state index >= 15 is 0 Å². The lowest BCUT2D eigenvalue weighted by Crippen LogP contribution is -2.26. The van der Waals surface area contributed by atoms with Crippen LogP contribution >= 0.6 is 0 Å². The Morgan fingerprint density at radius 3 is 2.58 bits per heavy atom. The van der Waals surface area contributed by atoms with Crippen molar-refractivity contribution >= 4 is 22.5 Å². The van der Waals surface area contributed by atoms with E-state index in [1.165, 1.54) is 23.3 Å². The average Bonchev–Trinajstić information content (AvgIpc) is 3.62. The third-order valence-corrected chi connectivity index (χ3v) is 6.21. The van der Waals surface area contributed by atoms with E-state index in [0.717, 1.165) is 12.4 Å². The largest absolute Gasteiger partial charge is 0.418 e. The fourth-order valence-corrected chi connectivity index (χ4v) is 4.02. The minimum atomic E-state index is -4.70. The van der Waals surface area contributed by atoms with Gasteiger partial charge in [0.25, 0.3) is 0 Å². The maximum absolute atomic E-state index is 14.0. The fraction of sp³-hybridized carbons (Fsp3) is 0.292. The molecule has 182 valence electrons. The average molecular weight is 492 g/mol. The minimum absolute atomic E-state index is 0.000576. The quantitative estimate of drug-likeness (QED) is 0.367. The van der Waals surface area contributed by atoms with Crippen molar-refractivity contribution in [3.63, 3.8) is 0 Å². The van der Waals surface area contributed by atoms with Crippen molar-refractivity contribution in [2.75, 3.05) is 11.9 Å². The van der Waals surface area contributed by atoms with Crippen molar-refractivity contribution in [1.29, 1.82) is 5.26 Å². The molecule has 0 saturated heterocycles. The molecule has 1 aliphatic carbocycles. The number of aromatic nitrogens is 6. The van der Waals surface area contributed by atoms with Gasteiger partial charge in [0.05, 0.1) is 22.7 Å². The number of benzene rings is 1. The highest BCUT2D eigenvalue weighted by Gasteiger charge is 2.37. The Hall–Kier alpha value is -4.40. The van der Waals surface area contributed by atoms with Crippen molar-refractivity contribution < 1.29 is 18.0 Å². The van der Waals surface area contributed by atoms with E-state index in [2.05, 4.69) is 25.0 Å². The summed E-state index contributed by atoms with van der Waals surface area (Å²) in [5.74, 6) is 0.533. The molecule has 5 rings (SSSR count). The van der Waals surface area contributed by atoms with E-state index in [1.54, 1.807) is 31.0 Å². The molecule has 0 bridgehead atoms. The Kier molecular flexibility index (Phi) is 5.62. The van der Waals surface area contributed by atoms with Gasteiger partial charge in [-0.1, -0.05) is 0 Å². The lowest BCUT2D eigenvalue weighted by atomic mass is 9.99. The third-order valence-electron chi connectivity index (χ3n) is 6.21. The number of carbonyl (C=O) groups excluding carboxylic acids is 1. The molecule has 0 radical (unpaired) electrons. The highest BCUT2D eigenvalue weighted by molar-refractivity contribution is 6.04. The summed E-state index contributed by atoms with van der Waals surface area (Å²) in [7, 11) is 1.67. The van der Waals surface area contributed by atoms with Gasteiger partial charge in [-0.05, 0) is 44.0 Å². The molecule has 0 aliphatic heterocycles. The van der Waals surface area contributed by atoms with Crippen LogP contribution in [0, 0.1) is 17.2 Å². The highest BCUT2D eigenvalue weighted by atomic mass is 19.4. The van der Waals surface area contributed by atoms with Crippen LogP contribution in [0.2, 0.25) is 0 Å². The van der Waals surface area contributed by atoms with Gasteiger partial charge in [-0.25, -0.2) is 19.9 Å². The Morgan fingerprint density at radius 1 is 1.17 bits per heavy atom. The van der Waals surface area contributed by atoms with Crippen molar-refractivity contribution in [1.82, 2.24) is 29.7 Å². The van der Waals surface area contributed by atoms with Gasteiger partial charge >= 0.3 is 6.18 Å². The number of rotatable bonds is 6. The van der Waals surface area contributed by atoms with E-state index in [9.17, 15) is 18.0 Å². The van der Waals surface area contributed by atoms with Gasteiger partial charge in [0.1, 0.15) is 24.5 Å². The molecule has 0 spiro atoms. The molecule has 1 atom stereocenters. The number of carbonyl (C=O) groups is 1. The summed E-state index contributed by atoms with van der Waals surface area (Å²) in [6.07, 6.45) is 0.468. The first-order valence-electron chi connectivity index (χ1n) is 11.1. The number of hydrogen-bond donors (Lipinski definition) is 0. The zero-order chi connectivity index (χ0) is 25.6. The number of Topliss-reactive ketones (excluding diaryl/α,β-unsaturated/α-hetero) is 1. The van der Waals surface area contributed by atoms with Crippen LogP contribution in [-0.4, -0.2) is 42.5 Å². The number of nitriles is 1. The molecule has 4 aromatic rings. The number of fused-ring (bicyclic) bond motifs is 1. The Bertz CT molecular complexity index is 1500. The second-order valence-corrected chi connectivity index (χ2v) is 8.59. The van der Waals surface area contributed by atoms with Crippen LogP contribution in [0.3, 0.4) is 0 Å². The zero-order valence-corrected chi connectivity index (χ0v) is 19.2. The Labute approximate surface area is 203 Å². The predicted octanol–water partition coefficient (Wildman–Crippen LogP) is 4.29. The van der Waals surface area contributed by atoms with Gasteiger partial charge < -0.3 is 4.90 Å². The molecule has 0 amide bonds. The zero-order valence-electron chi connectivity index (χ0n) is 19.2. The Morgan fingerprint density at radius 2 is 1.94 bits per heavy atom. The molecule has 1 aliphatic rings. The van der Waals surface area contributed by atoms with E-state index in [1.807, 2.05) is 6.07 Å². The van der Waals surface area contributed by atoms with Gasteiger partial charge in [-0.2, -0.15) is 28.2 Å².